The molecule has 2 heterocycles. The molecule has 2 aromatic rings. The summed E-state index contributed by atoms with van der Waals surface area (Å²) in [5, 5.41) is 15.7. The first-order chi connectivity index (χ1) is 11.1. The van der Waals surface area contributed by atoms with E-state index in [0.717, 1.165) is 40.6 Å². The van der Waals surface area contributed by atoms with Gasteiger partial charge >= 0.3 is 0 Å². The molecule has 0 bridgehead atoms. The minimum Gasteiger partial charge on any atom is -0.454 e. The summed E-state index contributed by atoms with van der Waals surface area (Å²) in [6, 6.07) is 5.90. The van der Waals surface area contributed by atoms with Crippen LogP contribution in [0, 0.1) is 0 Å². The summed E-state index contributed by atoms with van der Waals surface area (Å²) in [5.41, 5.74) is 2.00. The number of benzene rings is 1. The Morgan fingerprint density at radius 1 is 1.35 bits per heavy atom. The zero-order chi connectivity index (χ0) is 16.3. The van der Waals surface area contributed by atoms with Crippen LogP contribution >= 0.6 is 11.3 Å². The van der Waals surface area contributed by atoms with E-state index in [1.54, 1.807) is 11.3 Å². The minimum atomic E-state index is -0.0583. The van der Waals surface area contributed by atoms with Gasteiger partial charge < -0.3 is 19.9 Å². The van der Waals surface area contributed by atoms with Gasteiger partial charge in [0.05, 0.1) is 5.69 Å². The third-order valence-electron chi connectivity index (χ3n) is 4.31. The fourth-order valence-electron chi connectivity index (χ4n) is 2.49. The lowest BCUT2D eigenvalue weighted by atomic mass is 9.95. The monoisotopic (exact) mass is 334 g/mol. The largest absolute Gasteiger partial charge is 0.454 e. The van der Waals surface area contributed by atoms with E-state index in [1.165, 1.54) is 0 Å². The number of thiazole rings is 1. The highest BCUT2D eigenvalue weighted by Crippen LogP contribution is 2.36. The Kier molecular flexibility index (Phi) is 4.84. The molecule has 1 unspecified atom stereocenters. The van der Waals surface area contributed by atoms with E-state index in [-0.39, 0.29) is 18.9 Å². The van der Waals surface area contributed by atoms with Crippen molar-refractivity contribution >= 4 is 11.3 Å². The van der Waals surface area contributed by atoms with Gasteiger partial charge in [0.25, 0.3) is 0 Å². The Bertz CT molecular complexity index is 674. The summed E-state index contributed by atoms with van der Waals surface area (Å²) < 4.78 is 10.8. The number of ether oxygens (including phenoxy) is 2. The summed E-state index contributed by atoms with van der Waals surface area (Å²) in [6.07, 6.45) is 1.70. The summed E-state index contributed by atoms with van der Waals surface area (Å²) in [6.45, 7) is 5.44. The normalized spacial score (nSPS) is 15.6. The van der Waals surface area contributed by atoms with Gasteiger partial charge in [-0.15, -0.1) is 11.3 Å². The molecule has 0 amide bonds. The van der Waals surface area contributed by atoms with Gasteiger partial charge in [0.2, 0.25) is 6.79 Å². The fourth-order valence-corrected chi connectivity index (χ4v) is 3.31. The maximum absolute atomic E-state index is 9.18. The van der Waals surface area contributed by atoms with Gasteiger partial charge in [-0.25, -0.2) is 4.98 Å². The molecule has 1 aromatic carbocycles. The van der Waals surface area contributed by atoms with Crippen LogP contribution in [0.4, 0.5) is 0 Å². The maximum atomic E-state index is 9.18. The van der Waals surface area contributed by atoms with Crippen LogP contribution in [0.2, 0.25) is 0 Å². The summed E-state index contributed by atoms with van der Waals surface area (Å²) in [4.78, 5) is 4.70. The lowest BCUT2D eigenvalue weighted by Crippen LogP contribution is -2.42. The second-order valence-electron chi connectivity index (χ2n) is 5.95. The highest BCUT2D eigenvalue weighted by Gasteiger charge is 2.21. The van der Waals surface area contributed by atoms with Crippen LogP contribution in [-0.2, 0) is 6.54 Å². The molecule has 3 rings (SSSR count). The molecule has 1 aromatic heterocycles. The highest BCUT2D eigenvalue weighted by molar-refractivity contribution is 7.13. The number of aromatic nitrogens is 1. The Balaban J connectivity index is 1.68. The van der Waals surface area contributed by atoms with Crippen molar-refractivity contribution in [2.45, 2.75) is 38.8 Å². The number of fused-ring (bicyclic) bond motifs is 1. The molecule has 6 heteroatoms. The minimum absolute atomic E-state index is 0.0583. The molecule has 124 valence electrons. The standard InChI is InChI=1S/C17H22N2O3S/c1-3-17(2,6-7-20)18-9-13-10-23-16(19-13)12-4-5-14-15(8-12)22-11-21-14/h4-5,8,10,18,20H,3,6-7,9,11H2,1-2H3. The molecular weight excluding hydrogens is 312 g/mol. The Labute approximate surface area is 140 Å². The molecule has 0 aliphatic carbocycles. The van der Waals surface area contributed by atoms with E-state index in [1.807, 2.05) is 18.2 Å². The maximum Gasteiger partial charge on any atom is 0.231 e. The van der Waals surface area contributed by atoms with Gasteiger partial charge in [-0.2, -0.15) is 0 Å². The van der Waals surface area contributed by atoms with E-state index in [9.17, 15) is 5.11 Å². The summed E-state index contributed by atoms with van der Waals surface area (Å²) in [7, 11) is 0. The van der Waals surface area contributed by atoms with Crippen molar-refractivity contribution < 1.29 is 14.6 Å². The van der Waals surface area contributed by atoms with Crippen molar-refractivity contribution in [2.75, 3.05) is 13.4 Å². The second-order valence-corrected chi connectivity index (χ2v) is 6.81. The number of nitrogens with zero attached hydrogens (tertiary/aromatic N) is 1. The average molecular weight is 334 g/mol. The molecule has 1 atom stereocenters. The van der Waals surface area contributed by atoms with Gasteiger partial charge in [0.15, 0.2) is 11.5 Å². The van der Waals surface area contributed by atoms with Crippen LogP contribution in [0.5, 0.6) is 11.5 Å². The summed E-state index contributed by atoms with van der Waals surface area (Å²) in [5.74, 6) is 1.56. The van der Waals surface area contributed by atoms with Crippen molar-refractivity contribution in [1.82, 2.24) is 10.3 Å². The van der Waals surface area contributed by atoms with Gasteiger partial charge in [0, 0.05) is 29.6 Å². The average Bonchev–Trinajstić information content (AvgIpc) is 3.21. The molecule has 0 radical (unpaired) electrons. The Morgan fingerprint density at radius 2 is 2.17 bits per heavy atom. The van der Waals surface area contributed by atoms with Crippen molar-refractivity contribution in [3.05, 3.63) is 29.3 Å². The number of hydrogen-bond acceptors (Lipinski definition) is 6. The molecule has 1 aliphatic heterocycles. The van der Waals surface area contributed by atoms with Crippen LogP contribution in [0.25, 0.3) is 10.6 Å². The van der Waals surface area contributed by atoms with Gasteiger partial charge in [-0.05, 0) is 38.0 Å². The topological polar surface area (TPSA) is 63.6 Å². The van der Waals surface area contributed by atoms with E-state index in [4.69, 9.17) is 14.5 Å². The fraction of sp³-hybridized carbons (Fsp3) is 0.471. The predicted octanol–water partition coefficient (Wildman–Crippen LogP) is 3.18. The van der Waals surface area contributed by atoms with Crippen molar-refractivity contribution in [1.29, 1.82) is 0 Å². The molecule has 0 fully saturated rings. The zero-order valence-corrected chi connectivity index (χ0v) is 14.3. The first-order valence-corrected chi connectivity index (χ1v) is 8.72. The smallest absolute Gasteiger partial charge is 0.231 e. The van der Waals surface area contributed by atoms with E-state index >= 15 is 0 Å². The number of aliphatic hydroxyl groups is 1. The third kappa shape index (κ3) is 3.65. The van der Waals surface area contributed by atoms with Crippen molar-refractivity contribution in [2.24, 2.45) is 0 Å². The first kappa shape index (κ1) is 16.2. The SMILES string of the molecule is CCC(C)(CCO)NCc1csc(-c2ccc3c(c2)OCO3)n1. The molecule has 0 spiro atoms. The van der Waals surface area contributed by atoms with Gasteiger partial charge in [0.1, 0.15) is 5.01 Å². The van der Waals surface area contributed by atoms with Gasteiger partial charge in [-0.1, -0.05) is 6.92 Å². The van der Waals surface area contributed by atoms with Crippen molar-refractivity contribution in [3.8, 4) is 22.1 Å². The lowest BCUT2D eigenvalue weighted by molar-refractivity contribution is 0.174. The van der Waals surface area contributed by atoms with Crippen LogP contribution in [0.15, 0.2) is 23.6 Å². The number of rotatable bonds is 7. The number of hydrogen-bond donors (Lipinski definition) is 2. The van der Waals surface area contributed by atoms with Crippen LogP contribution in [0.1, 0.15) is 32.4 Å². The quantitative estimate of drug-likeness (QED) is 0.814. The zero-order valence-electron chi connectivity index (χ0n) is 13.5. The van der Waals surface area contributed by atoms with Crippen LogP contribution < -0.4 is 14.8 Å². The Hall–Kier alpha value is -1.63. The number of nitrogens with one attached hydrogen (secondary N) is 1. The molecule has 5 nitrogen and oxygen atoms in total. The first-order valence-electron chi connectivity index (χ1n) is 7.84. The molecule has 0 saturated carbocycles. The third-order valence-corrected chi connectivity index (χ3v) is 5.25. The number of aliphatic hydroxyl groups excluding tert-OH is 1. The predicted molar refractivity (Wildman–Crippen MR) is 90.9 cm³/mol. The van der Waals surface area contributed by atoms with Crippen LogP contribution in [-0.4, -0.2) is 29.0 Å². The Morgan fingerprint density at radius 3 is 2.96 bits per heavy atom. The van der Waals surface area contributed by atoms with Gasteiger partial charge in [-0.3, -0.25) is 0 Å². The molecule has 2 N–H and O–H groups in total. The van der Waals surface area contributed by atoms with E-state index in [2.05, 4.69) is 24.5 Å². The van der Waals surface area contributed by atoms with E-state index in [0.29, 0.717) is 6.54 Å². The van der Waals surface area contributed by atoms with E-state index < -0.39 is 0 Å². The second kappa shape index (κ2) is 6.86. The molecular formula is C17H22N2O3S. The molecule has 0 saturated heterocycles. The molecule has 1 aliphatic rings. The lowest BCUT2D eigenvalue weighted by Gasteiger charge is -2.28. The summed E-state index contributed by atoms with van der Waals surface area (Å²) >= 11 is 1.62. The molecule has 23 heavy (non-hydrogen) atoms. The highest BCUT2D eigenvalue weighted by atomic mass is 32.1. The van der Waals surface area contributed by atoms with Crippen molar-refractivity contribution in [3.63, 3.8) is 0 Å². The van der Waals surface area contributed by atoms with Crippen LogP contribution in [0.3, 0.4) is 0 Å².